The van der Waals surface area contributed by atoms with Crippen molar-refractivity contribution < 1.29 is 20.1 Å². The van der Waals surface area contributed by atoms with Crippen molar-refractivity contribution in [2.75, 3.05) is 0 Å². The van der Waals surface area contributed by atoms with Gasteiger partial charge in [-0.15, -0.1) is 0 Å². The molecule has 0 aromatic heterocycles. The van der Waals surface area contributed by atoms with Gasteiger partial charge in [0.1, 0.15) is 0 Å². The Morgan fingerprint density at radius 2 is 1.67 bits per heavy atom. The van der Waals surface area contributed by atoms with E-state index >= 15 is 0 Å². The third kappa shape index (κ3) is 3.36. The van der Waals surface area contributed by atoms with Gasteiger partial charge >= 0.3 is 5.97 Å². The highest BCUT2D eigenvalue weighted by Gasteiger charge is 2.64. The van der Waals surface area contributed by atoms with Crippen LogP contribution in [0.1, 0.15) is 91.9 Å². The third-order valence-corrected chi connectivity index (χ3v) is 11.0. The van der Waals surface area contributed by atoms with Gasteiger partial charge in [0, 0.05) is 6.42 Å². The fourth-order valence-corrected chi connectivity index (χ4v) is 9.48. The van der Waals surface area contributed by atoms with E-state index in [0.717, 1.165) is 32.1 Å². The molecule has 0 amide bonds. The van der Waals surface area contributed by atoms with Crippen LogP contribution in [0.4, 0.5) is 0 Å². The smallest absolute Gasteiger partial charge is 0.303 e. The van der Waals surface area contributed by atoms with Gasteiger partial charge in [0.25, 0.3) is 0 Å². The second-order valence-corrected chi connectivity index (χ2v) is 12.0. The normalized spacial score (nSPS) is 51.5. The average Bonchev–Trinajstić information content (AvgIpc) is 3.05. The van der Waals surface area contributed by atoms with Crippen LogP contribution in [0.2, 0.25) is 0 Å². The molecule has 0 bridgehead atoms. The molecule has 11 atom stereocenters. The number of carbonyl (C=O) groups is 1. The van der Waals surface area contributed by atoms with Crippen LogP contribution >= 0.6 is 0 Å². The molecule has 4 fully saturated rings. The summed E-state index contributed by atoms with van der Waals surface area (Å²) in [6.45, 7) is 9.44. The van der Waals surface area contributed by atoms with Gasteiger partial charge < -0.3 is 15.3 Å². The van der Waals surface area contributed by atoms with Gasteiger partial charge in [-0.1, -0.05) is 34.1 Å². The highest BCUT2D eigenvalue weighted by Crippen LogP contribution is 2.69. The Bertz CT molecular complexity index is 649. The summed E-state index contributed by atoms with van der Waals surface area (Å²) in [5.41, 5.74) is 0.480. The van der Waals surface area contributed by atoms with Crippen LogP contribution in [-0.4, -0.2) is 33.5 Å². The van der Waals surface area contributed by atoms with E-state index in [9.17, 15) is 15.0 Å². The Morgan fingerprint density at radius 3 is 2.33 bits per heavy atom. The molecule has 4 aliphatic rings. The molecule has 4 heteroatoms. The van der Waals surface area contributed by atoms with E-state index in [1.807, 2.05) is 0 Å². The van der Waals surface area contributed by atoms with E-state index < -0.39 is 5.97 Å². The lowest BCUT2D eigenvalue weighted by Gasteiger charge is -2.64. The molecule has 4 rings (SSSR count). The molecule has 0 aliphatic heterocycles. The van der Waals surface area contributed by atoms with E-state index in [0.29, 0.717) is 41.4 Å². The minimum Gasteiger partial charge on any atom is -0.481 e. The molecule has 0 heterocycles. The summed E-state index contributed by atoms with van der Waals surface area (Å²) in [4.78, 5) is 11.1. The number of aliphatic hydroxyl groups is 2. The van der Waals surface area contributed by atoms with E-state index in [4.69, 9.17) is 5.11 Å². The predicted molar refractivity (Wildman–Crippen MR) is 118 cm³/mol. The van der Waals surface area contributed by atoms with Crippen molar-refractivity contribution >= 4 is 5.97 Å². The van der Waals surface area contributed by atoms with Crippen molar-refractivity contribution in [3.63, 3.8) is 0 Å². The number of rotatable bonds is 5. The van der Waals surface area contributed by atoms with Crippen molar-refractivity contribution in [3.8, 4) is 0 Å². The van der Waals surface area contributed by atoms with Gasteiger partial charge in [-0.25, -0.2) is 0 Å². The van der Waals surface area contributed by atoms with E-state index in [-0.39, 0.29) is 29.5 Å². The quantitative estimate of drug-likeness (QED) is 0.577. The second-order valence-electron chi connectivity index (χ2n) is 12.0. The first-order valence-electron chi connectivity index (χ1n) is 12.7. The Balaban J connectivity index is 1.61. The molecule has 3 N–H and O–H groups in total. The SMILES string of the molecule is CC[C@H]1[C@H](O)[C@@H]2C3CCC([C@H](C)CCC(=O)O)[C@@]3(C)CCC2[C@@]2(C)CC[C@@H](O)C[C@@H]12. The first-order chi connectivity index (χ1) is 14.1. The van der Waals surface area contributed by atoms with Crippen molar-refractivity contribution in [3.05, 3.63) is 0 Å². The summed E-state index contributed by atoms with van der Waals surface area (Å²) in [6, 6.07) is 0. The van der Waals surface area contributed by atoms with Gasteiger partial charge in [-0.3, -0.25) is 4.79 Å². The Hall–Kier alpha value is -0.610. The minimum absolute atomic E-state index is 0.194. The third-order valence-electron chi connectivity index (χ3n) is 11.0. The number of carboxylic acids is 1. The van der Waals surface area contributed by atoms with E-state index in [1.165, 1.54) is 25.7 Å². The first kappa shape index (κ1) is 22.6. The summed E-state index contributed by atoms with van der Waals surface area (Å²) >= 11 is 0. The maximum atomic E-state index is 11.7. The Labute approximate surface area is 182 Å². The molecule has 4 saturated carbocycles. The largest absolute Gasteiger partial charge is 0.481 e. The fraction of sp³-hybridized carbons (Fsp3) is 0.962. The molecule has 4 aliphatic carbocycles. The Kier molecular flexibility index (Phi) is 6.07. The van der Waals surface area contributed by atoms with Gasteiger partial charge in [-0.2, -0.15) is 0 Å². The maximum absolute atomic E-state index is 11.7. The molecular formula is C26H44O4. The number of hydrogen-bond acceptors (Lipinski definition) is 3. The van der Waals surface area contributed by atoms with E-state index in [1.54, 1.807) is 0 Å². The van der Waals surface area contributed by atoms with Crippen LogP contribution in [0.15, 0.2) is 0 Å². The zero-order chi connectivity index (χ0) is 21.8. The van der Waals surface area contributed by atoms with Gasteiger partial charge in [0.05, 0.1) is 12.2 Å². The predicted octanol–water partition coefficient (Wildman–Crippen LogP) is 5.11. The first-order valence-corrected chi connectivity index (χ1v) is 12.7. The number of hydrogen-bond donors (Lipinski definition) is 3. The molecule has 3 unspecified atom stereocenters. The van der Waals surface area contributed by atoms with E-state index in [2.05, 4.69) is 27.7 Å². The van der Waals surface area contributed by atoms with Crippen LogP contribution in [0.5, 0.6) is 0 Å². The molecule has 0 saturated heterocycles. The summed E-state index contributed by atoms with van der Waals surface area (Å²) in [5, 5.41) is 31.3. The van der Waals surface area contributed by atoms with Crippen molar-refractivity contribution in [2.24, 2.45) is 52.3 Å². The highest BCUT2D eigenvalue weighted by molar-refractivity contribution is 5.66. The van der Waals surface area contributed by atoms with Crippen LogP contribution in [-0.2, 0) is 4.79 Å². The zero-order valence-electron chi connectivity index (χ0n) is 19.5. The molecular weight excluding hydrogens is 376 g/mol. The number of carboxylic acid groups (broad SMARTS) is 1. The molecule has 0 aromatic carbocycles. The average molecular weight is 421 g/mol. The van der Waals surface area contributed by atoms with Crippen molar-refractivity contribution in [1.29, 1.82) is 0 Å². The summed E-state index contributed by atoms with van der Waals surface area (Å²) in [6.07, 6.45) is 9.27. The molecule has 0 aromatic rings. The molecule has 0 radical (unpaired) electrons. The molecule has 30 heavy (non-hydrogen) atoms. The van der Waals surface area contributed by atoms with Crippen LogP contribution in [0.3, 0.4) is 0 Å². The highest BCUT2D eigenvalue weighted by atomic mass is 16.4. The van der Waals surface area contributed by atoms with Gasteiger partial charge in [0.2, 0.25) is 0 Å². The monoisotopic (exact) mass is 420 g/mol. The summed E-state index contributed by atoms with van der Waals surface area (Å²) in [7, 11) is 0. The standard InChI is InChI=1S/C26H44O4/c1-5-17-21-14-16(27)10-12-26(21,4)20-11-13-25(3)18(15(2)6-9-22(28)29)7-8-19(25)23(20)24(17)30/h15-21,23-24,27,30H,5-14H2,1-4H3,(H,28,29)/t15-,16-,17-,18?,19?,20?,21+,23-,24+,25-,26-/m1/s1. The molecule has 4 nitrogen and oxygen atoms in total. The lowest BCUT2D eigenvalue weighted by molar-refractivity contribution is -0.203. The van der Waals surface area contributed by atoms with Crippen molar-refractivity contribution in [2.45, 2.75) is 104 Å². The topological polar surface area (TPSA) is 77.8 Å². The molecule has 0 spiro atoms. The molecule has 172 valence electrons. The minimum atomic E-state index is -0.683. The summed E-state index contributed by atoms with van der Waals surface area (Å²) in [5.74, 6) is 2.58. The lowest BCUT2D eigenvalue weighted by atomic mass is 9.41. The lowest BCUT2D eigenvalue weighted by Crippen LogP contribution is -2.62. The van der Waals surface area contributed by atoms with Crippen LogP contribution in [0, 0.1) is 52.3 Å². The van der Waals surface area contributed by atoms with Crippen LogP contribution in [0.25, 0.3) is 0 Å². The zero-order valence-corrected chi connectivity index (χ0v) is 19.5. The van der Waals surface area contributed by atoms with Gasteiger partial charge in [0.15, 0.2) is 0 Å². The second kappa shape index (κ2) is 8.06. The van der Waals surface area contributed by atoms with Crippen molar-refractivity contribution in [1.82, 2.24) is 0 Å². The maximum Gasteiger partial charge on any atom is 0.303 e. The number of fused-ring (bicyclic) bond motifs is 5. The number of aliphatic hydroxyl groups excluding tert-OH is 2. The number of aliphatic carboxylic acids is 1. The van der Waals surface area contributed by atoms with Crippen LogP contribution < -0.4 is 0 Å². The summed E-state index contributed by atoms with van der Waals surface area (Å²) < 4.78 is 0. The fourth-order valence-electron chi connectivity index (χ4n) is 9.48. The van der Waals surface area contributed by atoms with Gasteiger partial charge in [-0.05, 0) is 104 Å². The Morgan fingerprint density at radius 1 is 1.00 bits per heavy atom.